The highest BCUT2D eigenvalue weighted by atomic mass is 79.9. The Bertz CT molecular complexity index is 744. The van der Waals surface area contributed by atoms with Crippen LogP contribution in [-0.4, -0.2) is 12.5 Å². The van der Waals surface area contributed by atoms with Gasteiger partial charge in [0.2, 0.25) is 5.91 Å². The summed E-state index contributed by atoms with van der Waals surface area (Å²) in [6.07, 6.45) is 3.20. The van der Waals surface area contributed by atoms with Crippen molar-refractivity contribution in [3.8, 4) is 5.75 Å². The second-order valence-corrected chi connectivity index (χ2v) is 6.25. The summed E-state index contributed by atoms with van der Waals surface area (Å²) in [4.78, 5) is 12.1. The first-order valence-electron chi connectivity index (χ1n) is 7.17. The maximum absolute atomic E-state index is 12.1. The van der Waals surface area contributed by atoms with E-state index in [-0.39, 0.29) is 5.91 Å². The van der Waals surface area contributed by atoms with Crippen molar-refractivity contribution in [3.05, 3.63) is 63.1 Å². The number of nitrogens with one attached hydrogen (secondary N) is 1. The molecule has 23 heavy (non-hydrogen) atoms. The summed E-state index contributed by atoms with van der Waals surface area (Å²) in [5, 5.41) is 3.41. The van der Waals surface area contributed by atoms with Gasteiger partial charge in [0.15, 0.2) is 0 Å². The molecule has 0 unspecified atom stereocenters. The van der Waals surface area contributed by atoms with Gasteiger partial charge in [-0.15, -0.1) is 0 Å². The number of carbonyl (C=O) groups is 1. The van der Waals surface area contributed by atoms with E-state index in [0.29, 0.717) is 17.3 Å². The van der Waals surface area contributed by atoms with Crippen LogP contribution in [-0.2, 0) is 4.79 Å². The molecule has 0 atom stereocenters. The number of aryl methyl sites for hydroxylation is 1. The topological polar surface area (TPSA) is 38.3 Å². The fourth-order valence-corrected chi connectivity index (χ4v) is 2.56. The third-order valence-corrected chi connectivity index (χ3v) is 3.87. The number of hydrogen-bond acceptors (Lipinski definition) is 2. The molecule has 0 saturated carbocycles. The van der Waals surface area contributed by atoms with E-state index in [1.165, 1.54) is 6.08 Å². The van der Waals surface area contributed by atoms with Crippen LogP contribution in [0.3, 0.4) is 0 Å². The molecule has 2 aromatic rings. The molecule has 0 aliphatic rings. The van der Waals surface area contributed by atoms with E-state index in [9.17, 15) is 4.79 Å². The summed E-state index contributed by atoms with van der Waals surface area (Å²) in [6, 6.07) is 11.1. The van der Waals surface area contributed by atoms with Gasteiger partial charge in [-0.1, -0.05) is 33.6 Å². The lowest BCUT2D eigenvalue weighted by Gasteiger charge is -2.08. The van der Waals surface area contributed by atoms with Crippen molar-refractivity contribution in [1.82, 2.24) is 0 Å². The van der Waals surface area contributed by atoms with Crippen LogP contribution < -0.4 is 10.1 Å². The fraction of sp³-hybridized carbons (Fsp3) is 0.167. The Hall–Kier alpha value is -1.78. The van der Waals surface area contributed by atoms with Crippen molar-refractivity contribution in [2.24, 2.45) is 0 Å². The zero-order valence-corrected chi connectivity index (χ0v) is 15.2. The van der Waals surface area contributed by atoms with Gasteiger partial charge in [0.1, 0.15) is 5.75 Å². The first-order valence-corrected chi connectivity index (χ1v) is 8.34. The Kier molecular flexibility index (Phi) is 6.25. The summed E-state index contributed by atoms with van der Waals surface area (Å²) in [5.74, 6) is 0.511. The third kappa shape index (κ3) is 5.12. The maximum atomic E-state index is 12.1. The van der Waals surface area contributed by atoms with Crippen LogP contribution in [0.25, 0.3) is 6.08 Å². The Morgan fingerprint density at radius 2 is 2.09 bits per heavy atom. The van der Waals surface area contributed by atoms with E-state index >= 15 is 0 Å². The van der Waals surface area contributed by atoms with E-state index in [2.05, 4.69) is 21.2 Å². The number of carbonyl (C=O) groups excluding carboxylic acids is 1. The molecule has 0 fully saturated rings. The summed E-state index contributed by atoms with van der Waals surface area (Å²) >= 11 is 9.38. The van der Waals surface area contributed by atoms with Gasteiger partial charge in [-0.25, -0.2) is 0 Å². The van der Waals surface area contributed by atoms with Gasteiger partial charge >= 0.3 is 0 Å². The molecule has 0 aliphatic carbocycles. The van der Waals surface area contributed by atoms with Gasteiger partial charge in [-0.05, 0) is 55.8 Å². The Morgan fingerprint density at radius 1 is 1.30 bits per heavy atom. The number of benzene rings is 2. The van der Waals surface area contributed by atoms with Crippen molar-refractivity contribution >= 4 is 45.2 Å². The average molecular weight is 395 g/mol. The lowest BCUT2D eigenvalue weighted by atomic mass is 10.1. The summed E-state index contributed by atoms with van der Waals surface area (Å²) in [7, 11) is 0. The van der Waals surface area contributed by atoms with Crippen molar-refractivity contribution in [1.29, 1.82) is 0 Å². The van der Waals surface area contributed by atoms with Gasteiger partial charge < -0.3 is 10.1 Å². The summed E-state index contributed by atoms with van der Waals surface area (Å²) in [6.45, 7) is 4.40. The molecule has 0 spiro atoms. The number of amides is 1. The monoisotopic (exact) mass is 393 g/mol. The Balaban J connectivity index is 2.15. The van der Waals surface area contributed by atoms with Gasteiger partial charge in [0.25, 0.3) is 0 Å². The van der Waals surface area contributed by atoms with E-state index in [1.807, 2.05) is 38.1 Å². The van der Waals surface area contributed by atoms with Crippen LogP contribution in [0.1, 0.15) is 18.1 Å². The van der Waals surface area contributed by atoms with Crippen LogP contribution in [0.2, 0.25) is 5.02 Å². The SMILES string of the molecule is CCOc1ccc(Br)cc1/C=C/C(=O)Nc1cc(Cl)ccc1C. The normalized spacial score (nSPS) is 10.8. The first kappa shape index (κ1) is 17.6. The smallest absolute Gasteiger partial charge is 0.248 e. The minimum absolute atomic E-state index is 0.224. The molecule has 0 aliphatic heterocycles. The van der Waals surface area contributed by atoms with Crippen molar-refractivity contribution < 1.29 is 9.53 Å². The number of halogens is 2. The molecule has 0 aromatic heterocycles. The maximum Gasteiger partial charge on any atom is 0.248 e. The predicted octanol–water partition coefficient (Wildman–Crippen LogP) is 5.46. The lowest BCUT2D eigenvalue weighted by Crippen LogP contribution is -2.09. The summed E-state index contributed by atoms with van der Waals surface area (Å²) in [5.41, 5.74) is 2.49. The largest absolute Gasteiger partial charge is 0.493 e. The van der Waals surface area contributed by atoms with Crippen LogP contribution in [0.15, 0.2) is 46.9 Å². The zero-order chi connectivity index (χ0) is 16.8. The average Bonchev–Trinajstić information content (AvgIpc) is 2.51. The summed E-state index contributed by atoms with van der Waals surface area (Å²) < 4.78 is 6.48. The minimum Gasteiger partial charge on any atom is -0.493 e. The second-order valence-electron chi connectivity index (χ2n) is 4.90. The molecule has 0 heterocycles. The van der Waals surface area contributed by atoms with E-state index in [0.717, 1.165) is 21.3 Å². The number of rotatable bonds is 5. The molecule has 2 aromatic carbocycles. The van der Waals surface area contributed by atoms with E-state index < -0.39 is 0 Å². The first-order chi connectivity index (χ1) is 11.0. The standard InChI is InChI=1S/C18H17BrClNO2/c1-3-23-17-8-6-14(19)10-13(17)5-9-18(22)21-16-11-15(20)7-4-12(16)2/h4-11H,3H2,1-2H3,(H,21,22)/b9-5+. The predicted molar refractivity (Wildman–Crippen MR) is 99.2 cm³/mol. The Labute approximate surface area is 149 Å². The number of anilines is 1. The van der Waals surface area contributed by atoms with Crippen LogP contribution in [0.4, 0.5) is 5.69 Å². The highest BCUT2D eigenvalue weighted by molar-refractivity contribution is 9.10. The molecule has 3 nitrogen and oxygen atoms in total. The minimum atomic E-state index is -0.224. The highest BCUT2D eigenvalue weighted by Gasteiger charge is 2.05. The van der Waals surface area contributed by atoms with E-state index in [4.69, 9.17) is 16.3 Å². The number of ether oxygens (including phenoxy) is 1. The molecule has 0 saturated heterocycles. The third-order valence-electron chi connectivity index (χ3n) is 3.14. The van der Waals surface area contributed by atoms with Crippen LogP contribution in [0, 0.1) is 6.92 Å². The van der Waals surface area contributed by atoms with Crippen LogP contribution >= 0.6 is 27.5 Å². The van der Waals surface area contributed by atoms with Gasteiger partial charge in [0, 0.05) is 26.8 Å². The molecular formula is C18H17BrClNO2. The van der Waals surface area contributed by atoms with Gasteiger partial charge in [-0.3, -0.25) is 4.79 Å². The zero-order valence-electron chi connectivity index (χ0n) is 12.9. The number of hydrogen-bond donors (Lipinski definition) is 1. The van der Waals surface area contributed by atoms with E-state index in [1.54, 1.807) is 18.2 Å². The molecule has 120 valence electrons. The molecule has 1 N–H and O–H groups in total. The highest BCUT2D eigenvalue weighted by Crippen LogP contribution is 2.25. The molecule has 2 rings (SSSR count). The van der Waals surface area contributed by atoms with Crippen LogP contribution in [0.5, 0.6) is 5.75 Å². The van der Waals surface area contributed by atoms with Crippen molar-refractivity contribution in [2.45, 2.75) is 13.8 Å². The van der Waals surface area contributed by atoms with Crippen molar-refractivity contribution in [2.75, 3.05) is 11.9 Å². The quantitative estimate of drug-likeness (QED) is 0.684. The van der Waals surface area contributed by atoms with Crippen molar-refractivity contribution in [3.63, 3.8) is 0 Å². The molecule has 0 radical (unpaired) electrons. The second kappa shape index (κ2) is 8.18. The fourth-order valence-electron chi connectivity index (χ4n) is 2.01. The van der Waals surface area contributed by atoms with Gasteiger partial charge in [-0.2, -0.15) is 0 Å². The van der Waals surface area contributed by atoms with Gasteiger partial charge in [0.05, 0.1) is 6.61 Å². The molecule has 1 amide bonds. The molecular weight excluding hydrogens is 378 g/mol. The molecule has 5 heteroatoms. The lowest BCUT2D eigenvalue weighted by molar-refractivity contribution is -0.111. The Morgan fingerprint density at radius 3 is 2.83 bits per heavy atom. The molecule has 0 bridgehead atoms.